The van der Waals surface area contributed by atoms with Crippen molar-refractivity contribution in [1.82, 2.24) is 0 Å². The number of carbonyl (C=O) groups is 1. The van der Waals surface area contributed by atoms with Crippen molar-refractivity contribution in [3.05, 3.63) is 28.2 Å². The van der Waals surface area contributed by atoms with E-state index < -0.39 is 16.8 Å². The number of nitrogens with one attached hydrogen (secondary N) is 1. The Morgan fingerprint density at radius 3 is 2.72 bits per heavy atom. The van der Waals surface area contributed by atoms with Gasteiger partial charge in [-0.1, -0.05) is 6.92 Å². The minimum atomic E-state index is -0.947. The van der Waals surface area contributed by atoms with Gasteiger partial charge in [0.2, 0.25) is 0 Å². The van der Waals surface area contributed by atoms with Gasteiger partial charge in [-0.05, 0) is 40.5 Å². The van der Waals surface area contributed by atoms with Gasteiger partial charge in [0.25, 0.3) is 0 Å². The Kier molecular flexibility index (Phi) is 5.81. The first-order chi connectivity index (χ1) is 8.41. The molecule has 1 aromatic carbocycles. The summed E-state index contributed by atoms with van der Waals surface area (Å²) in [4.78, 5) is 10.8. The van der Waals surface area contributed by atoms with Crippen molar-refractivity contribution in [1.29, 1.82) is 0 Å². The fourth-order valence-corrected chi connectivity index (χ4v) is 2.34. The Labute approximate surface area is 117 Å². The lowest BCUT2D eigenvalue weighted by atomic mass is 10.2. The van der Waals surface area contributed by atoms with E-state index in [1.165, 1.54) is 0 Å². The highest BCUT2D eigenvalue weighted by Gasteiger charge is 2.08. The van der Waals surface area contributed by atoms with E-state index in [9.17, 15) is 9.00 Å². The van der Waals surface area contributed by atoms with Gasteiger partial charge in [0.1, 0.15) is 0 Å². The summed E-state index contributed by atoms with van der Waals surface area (Å²) < 4.78 is 11.9. The van der Waals surface area contributed by atoms with Gasteiger partial charge >= 0.3 is 5.97 Å². The largest absolute Gasteiger partial charge is 0.478 e. The van der Waals surface area contributed by atoms with E-state index in [1.807, 2.05) is 6.92 Å². The van der Waals surface area contributed by atoms with Crippen LogP contribution in [0.25, 0.3) is 0 Å². The zero-order valence-corrected chi connectivity index (χ0v) is 12.7. The number of anilines is 1. The number of benzene rings is 1. The molecule has 0 aliphatic carbocycles. The Morgan fingerprint density at radius 2 is 2.22 bits per heavy atom. The van der Waals surface area contributed by atoms with Crippen molar-refractivity contribution in [2.45, 2.75) is 18.6 Å². The van der Waals surface area contributed by atoms with Crippen molar-refractivity contribution in [2.75, 3.05) is 18.1 Å². The van der Waals surface area contributed by atoms with Gasteiger partial charge in [-0.25, -0.2) is 4.79 Å². The van der Waals surface area contributed by atoms with Crippen LogP contribution in [-0.2, 0) is 10.8 Å². The van der Waals surface area contributed by atoms with Gasteiger partial charge < -0.3 is 10.4 Å². The molecule has 1 rings (SSSR count). The van der Waals surface area contributed by atoms with Crippen LogP contribution < -0.4 is 5.32 Å². The molecule has 0 spiro atoms. The number of hydrogen-bond donors (Lipinski definition) is 2. The van der Waals surface area contributed by atoms with Crippen molar-refractivity contribution >= 4 is 38.4 Å². The second kappa shape index (κ2) is 6.89. The summed E-state index contributed by atoms with van der Waals surface area (Å²) in [7, 11) is -0.813. The molecule has 18 heavy (non-hydrogen) atoms. The van der Waals surface area contributed by atoms with E-state index in [0.29, 0.717) is 11.0 Å². The minimum Gasteiger partial charge on any atom is -0.478 e. The summed E-state index contributed by atoms with van der Waals surface area (Å²) in [5.41, 5.74) is 1.09. The first kappa shape index (κ1) is 15.2. The average Bonchev–Trinajstić information content (AvgIpc) is 2.30. The molecule has 2 atom stereocenters. The molecule has 0 saturated carbocycles. The molecule has 2 unspecified atom stereocenters. The van der Waals surface area contributed by atoms with E-state index in [1.54, 1.807) is 24.5 Å². The molecule has 0 aliphatic heterocycles. The number of rotatable bonds is 6. The molecule has 100 valence electrons. The topological polar surface area (TPSA) is 66.4 Å². The van der Waals surface area contributed by atoms with Crippen LogP contribution in [0.4, 0.5) is 5.69 Å². The van der Waals surface area contributed by atoms with Crippen LogP contribution in [0.2, 0.25) is 0 Å². The summed E-state index contributed by atoms with van der Waals surface area (Å²) in [6, 6.07) is 4.84. The Morgan fingerprint density at radius 1 is 1.56 bits per heavy atom. The van der Waals surface area contributed by atoms with Gasteiger partial charge in [-0.15, -0.1) is 0 Å². The molecule has 0 amide bonds. The normalized spacial score (nSPS) is 13.9. The molecular weight excluding hydrogens is 318 g/mol. The molecule has 0 aromatic heterocycles. The van der Waals surface area contributed by atoms with E-state index in [0.717, 1.165) is 12.1 Å². The summed E-state index contributed by atoms with van der Waals surface area (Å²) >= 11 is 3.33. The standard InChI is InChI=1S/C12H16BrNO3S/c1-8(18(2)17)5-6-14-11-4-3-9(12(15)16)7-10(11)13/h3-4,7-8,14H,5-6H2,1-2H3,(H,15,16). The van der Waals surface area contributed by atoms with Gasteiger partial charge in [-0.3, -0.25) is 4.21 Å². The summed E-state index contributed by atoms with van der Waals surface area (Å²) in [6.07, 6.45) is 2.50. The van der Waals surface area contributed by atoms with Crippen LogP contribution in [0.1, 0.15) is 23.7 Å². The smallest absolute Gasteiger partial charge is 0.335 e. The number of halogens is 1. The molecule has 0 bridgehead atoms. The zero-order valence-electron chi connectivity index (χ0n) is 10.3. The molecule has 4 nitrogen and oxygen atoms in total. The molecular formula is C12H16BrNO3S. The van der Waals surface area contributed by atoms with Gasteiger partial charge in [0.05, 0.1) is 5.56 Å². The van der Waals surface area contributed by atoms with Crippen molar-refractivity contribution in [3.63, 3.8) is 0 Å². The third-order valence-corrected chi connectivity index (χ3v) is 4.67. The molecule has 0 radical (unpaired) electrons. The number of aromatic carboxylic acids is 1. The van der Waals surface area contributed by atoms with Crippen LogP contribution in [0.5, 0.6) is 0 Å². The van der Waals surface area contributed by atoms with Crippen LogP contribution in [0.15, 0.2) is 22.7 Å². The molecule has 0 aliphatic rings. The third-order valence-electron chi connectivity index (χ3n) is 2.65. The predicted molar refractivity (Wildman–Crippen MR) is 77.7 cm³/mol. The summed E-state index contributed by atoms with van der Waals surface area (Å²) in [5.74, 6) is -0.947. The maximum absolute atomic E-state index is 11.2. The molecule has 0 saturated heterocycles. The first-order valence-corrected chi connectivity index (χ1v) is 7.92. The maximum Gasteiger partial charge on any atom is 0.335 e. The highest BCUT2D eigenvalue weighted by atomic mass is 79.9. The number of carboxylic acid groups (broad SMARTS) is 1. The molecule has 1 aromatic rings. The first-order valence-electron chi connectivity index (χ1n) is 5.50. The molecule has 6 heteroatoms. The lowest BCUT2D eigenvalue weighted by Gasteiger charge is -2.11. The lowest BCUT2D eigenvalue weighted by molar-refractivity contribution is 0.0697. The summed E-state index contributed by atoms with van der Waals surface area (Å²) in [6.45, 7) is 2.64. The minimum absolute atomic E-state index is 0.148. The molecule has 2 N–H and O–H groups in total. The number of carboxylic acids is 1. The fourth-order valence-electron chi connectivity index (χ4n) is 1.37. The average molecular weight is 334 g/mol. The van der Waals surface area contributed by atoms with Crippen LogP contribution >= 0.6 is 15.9 Å². The van der Waals surface area contributed by atoms with Crippen molar-refractivity contribution in [2.24, 2.45) is 0 Å². The fraction of sp³-hybridized carbons (Fsp3) is 0.417. The van der Waals surface area contributed by atoms with E-state index in [4.69, 9.17) is 5.11 Å². The monoisotopic (exact) mass is 333 g/mol. The molecule has 0 heterocycles. The predicted octanol–water partition coefficient (Wildman–Crippen LogP) is 2.72. The van der Waals surface area contributed by atoms with E-state index >= 15 is 0 Å². The number of hydrogen-bond acceptors (Lipinski definition) is 3. The van der Waals surface area contributed by atoms with Crippen LogP contribution in [-0.4, -0.2) is 33.3 Å². The van der Waals surface area contributed by atoms with Gasteiger partial charge in [0.15, 0.2) is 0 Å². The SMILES string of the molecule is CC(CCNc1ccc(C(=O)O)cc1Br)S(C)=O. The highest BCUT2D eigenvalue weighted by molar-refractivity contribution is 9.10. The van der Waals surface area contributed by atoms with Crippen LogP contribution in [0.3, 0.4) is 0 Å². The second-order valence-corrected chi connectivity index (χ2v) is 6.68. The second-order valence-electron chi connectivity index (χ2n) is 4.02. The Bertz CT molecular complexity index is 465. The van der Waals surface area contributed by atoms with E-state index in [-0.39, 0.29) is 10.8 Å². The zero-order chi connectivity index (χ0) is 13.7. The van der Waals surface area contributed by atoms with Crippen molar-refractivity contribution < 1.29 is 14.1 Å². The summed E-state index contributed by atoms with van der Waals surface area (Å²) in [5, 5.41) is 12.2. The Hall–Kier alpha value is -0.880. The Balaban J connectivity index is 2.58. The van der Waals surface area contributed by atoms with E-state index in [2.05, 4.69) is 21.2 Å². The van der Waals surface area contributed by atoms with Gasteiger partial charge in [-0.2, -0.15) is 0 Å². The third kappa shape index (κ3) is 4.42. The van der Waals surface area contributed by atoms with Gasteiger partial charge in [0, 0.05) is 39.0 Å². The van der Waals surface area contributed by atoms with Crippen molar-refractivity contribution in [3.8, 4) is 0 Å². The molecule has 0 fully saturated rings. The lowest BCUT2D eigenvalue weighted by Crippen LogP contribution is -2.15. The highest BCUT2D eigenvalue weighted by Crippen LogP contribution is 2.23. The van der Waals surface area contributed by atoms with Crippen LogP contribution in [0, 0.1) is 0 Å². The maximum atomic E-state index is 11.2. The quantitative estimate of drug-likeness (QED) is 0.839.